The minimum absolute atomic E-state index is 0. The van der Waals surface area contributed by atoms with E-state index in [9.17, 15) is 0 Å². The molecule has 0 unspecified atom stereocenters. The Balaban J connectivity index is 0. The van der Waals surface area contributed by atoms with Gasteiger partial charge in [-0.05, 0) is 0 Å². The predicted octanol–water partition coefficient (Wildman–Crippen LogP) is -0.740. The van der Waals surface area contributed by atoms with Crippen LogP contribution in [0.25, 0.3) is 0 Å². The first-order valence-corrected chi connectivity index (χ1v) is 0. The van der Waals surface area contributed by atoms with E-state index < -0.39 is 0 Å². The molecule has 5 heteroatoms. The van der Waals surface area contributed by atoms with Crippen molar-refractivity contribution < 1.29 is 42.3 Å². The normalized spacial score (nSPS) is 0. The fourth-order valence-electron chi connectivity index (χ4n) is 0. The molecule has 0 aliphatic heterocycles. The van der Waals surface area contributed by atoms with Crippen molar-refractivity contribution in [3.05, 3.63) is 0 Å². The van der Waals surface area contributed by atoms with Gasteiger partial charge in [-0.3, -0.25) is 0 Å². The summed E-state index contributed by atoms with van der Waals surface area (Å²) < 4.78 is 0. The minimum atomic E-state index is 0. The van der Waals surface area contributed by atoms with Crippen LogP contribution in [0, 0.1) is 0 Å². The summed E-state index contributed by atoms with van der Waals surface area (Å²) in [6.07, 6.45) is 0. The Morgan fingerprint density at radius 3 is 0.600 bits per heavy atom. The largest absolute Gasteiger partial charge is 3.00 e. The molecule has 0 aromatic rings. The van der Waals surface area contributed by atoms with Crippen molar-refractivity contribution >= 4 is 26.2 Å². The van der Waals surface area contributed by atoms with Crippen molar-refractivity contribution in [1.29, 1.82) is 0 Å². The maximum absolute atomic E-state index is 0. The van der Waals surface area contributed by atoms with E-state index >= 15 is 0 Å². The molecule has 0 bridgehead atoms. The second-order valence-electron chi connectivity index (χ2n) is 0. The van der Waals surface area contributed by atoms with Gasteiger partial charge in [0.1, 0.15) is 0 Å². The van der Waals surface area contributed by atoms with Crippen molar-refractivity contribution in [2.45, 2.75) is 0 Å². The number of hydrogen-bond donors (Lipinski definition) is 0. The molecule has 3 nitrogen and oxygen atoms in total. The summed E-state index contributed by atoms with van der Waals surface area (Å²) in [4.78, 5) is 0. The maximum Gasteiger partial charge on any atom is 3.00 e. The van der Waals surface area contributed by atoms with E-state index in [1.807, 2.05) is 0 Å². The zero-order chi connectivity index (χ0) is 0. The average molecular weight is 302 g/mol. The van der Waals surface area contributed by atoms with Crippen LogP contribution in [-0.2, 0) is 42.3 Å². The fourth-order valence-corrected chi connectivity index (χ4v) is 0. The molecule has 0 aromatic heterocycles. The molecule has 0 fully saturated rings. The van der Waals surface area contributed by atoms with Crippen molar-refractivity contribution in [1.82, 2.24) is 0 Å². The third-order valence-corrected chi connectivity index (χ3v) is 0. The Kier molecular flexibility index (Phi) is 715. The van der Waals surface area contributed by atoms with Crippen LogP contribution in [-0.4, -0.2) is 26.2 Å². The van der Waals surface area contributed by atoms with Crippen LogP contribution in [0.5, 0.6) is 0 Å². The van der Waals surface area contributed by atoms with Gasteiger partial charge in [-0.2, -0.15) is 0 Å². The Morgan fingerprint density at radius 2 is 0.600 bits per heavy atom. The van der Waals surface area contributed by atoms with E-state index in [2.05, 4.69) is 0 Å². The molecule has 26 valence electrons. The zero-order valence-electron chi connectivity index (χ0n) is 2.25. The van der Waals surface area contributed by atoms with E-state index in [0.29, 0.717) is 0 Å². The standard InChI is InChI=1S/Bi.3O.Sc/q+3;3*-2;+3. The summed E-state index contributed by atoms with van der Waals surface area (Å²) in [5, 5.41) is 0. The zero-order valence-corrected chi connectivity index (χ0v) is 7.53. The summed E-state index contributed by atoms with van der Waals surface area (Å²) in [5.41, 5.74) is 0. The summed E-state index contributed by atoms with van der Waals surface area (Å²) in [5.74, 6) is 0. The van der Waals surface area contributed by atoms with Crippen LogP contribution in [0.15, 0.2) is 0 Å². The van der Waals surface area contributed by atoms with Crippen molar-refractivity contribution in [3.63, 3.8) is 0 Å². The van der Waals surface area contributed by atoms with Gasteiger partial charge in [0.25, 0.3) is 0 Å². The molecule has 0 heterocycles. The predicted molar refractivity (Wildman–Crippen MR) is 7.81 cm³/mol. The summed E-state index contributed by atoms with van der Waals surface area (Å²) in [6, 6.07) is 0. The van der Waals surface area contributed by atoms with Crippen LogP contribution >= 0.6 is 0 Å². The maximum atomic E-state index is 0. The Bertz CT molecular complexity index is 6.85. The van der Waals surface area contributed by atoms with Crippen LogP contribution in [0.2, 0.25) is 0 Å². The fraction of sp³-hybridized carbons (Fsp3) is 0. The van der Waals surface area contributed by atoms with Gasteiger partial charge in [-0.25, -0.2) is 0 Å². The molecule has 0 aromatic carbocycles. The summed E-state index contributed by atoms with van der Waals surface area (Å²) >= 11 is 0. The van der Waals surface area contributed by atoms with Gasteiger partial charge >= 0.3 is 52.0 Å². The van der Waals surface area contributed by atoms with Crippen molar-refractivity contribution in [2.24, 2.45) is 0 Å². The molecular formula is BiO3Sc. The molecule has 0 spiro atoms. The van der Waals surface area contributed by atoms with E-state index in [0.717, 1.165) is 0 Å². The molecule has 2 radical (unpaired) electrons. The van der Waals surface area contributed by atoms with Crippen molar-refractivity contribution in [3.8, 4) is 0 Å². The minimum Gasteiger partial charge on any atom is -2.00 e. The third-order valence-electron chi connectivity index (χ3n) is 0. The first kappa shape index (κ1) is 78.9. The van der Waals surface area contributed by atoms with E-state index in [4.69, 9.17) is 0 Å². The van der Waals surface area contributed by atoms with Crippen LogP contribution in [0.3, 0.4) is 0 Å². The van der Waals surface area contributed by atoms with Gasteiger partial charge in [-0.15, -0.1) is 0 Å². The summed E-state index contributed by atoms with van der Waals surface area (Å²) in [6.45, 7) is 0. The van der Waals surface area contributed by atoms with Crippen LogP contribution in [0.4, 0.5) is 0 Å². The van der Waals surface area contributed by atoms with Crippen molar-refractivity contribution in [2.75, 3.05) is 0 Å². The molecule has 5 heavy (non-hydrogen) atoms. The third kappa shape index (κ3) is 27.9. The molecular weight excluding hydrogens is 302 g/mol. The van der Waals surface area contributed by atoms with Gasteiger partial charge in [0.15, 0.2) is 0 Å². The summed E-state index contributed by atoms with van der Waals surface area (Å²) in [7, 11) is 0. The molecule has 0 aliphatic carbocycles. The molecule has 0 saturated heterocycles. The Hall–Kier alpha value is 1.63. The van der Waals surface area contributed by atoms with Gasteiger partial charge in [0, 0.05) is 0 Å². The second-order valence-corrected chi connectivity index (χ2v) is 0. The smallest absolute Gasteiger partial charge is 2.00 e. The molecule has 0 rings (SSSR count). The van der Waals surface area contributed by atoms with Gasteiger partial charge in [0.2, 0.25) is 0 Å². The molecule has 0 saturated carbocycles. The Morgan fingerprint density at radius 1 is 0.600 bits per heavy atom. The molecule has 0 N–H and O–H groups in total. The molecule has 0 aliphatic rings. The van der Waals surface area contributed by atoms with E-state index in [-0.39, 0.29) is 68.5 Å². The van der Waals surface area contributed by atoms with E-state index in [1.54, 1.807) is 0 Å². The van der Waals surface area contributed by atoms with Crippen LogP contribution in [0.1, 0.15) is 0 Å². The molecule has 0 atom stereocenters. The van der Waals surface area contributed by atoms with Gasteiger partial charge in [-0.1, -0.05) is 0 Å². The van der Waals surface area contributed by atoms with Gasteiger partial charge < -0.3 is 16.4 Å². The first-order valence-electron chi connectivity index (χ1n) is 0. The first-order chi connectivity index (χ1) is 0. The molecule has 0 amide bonds. The average Bonchev–Trinajstić information content (AvgIpc) is 0. The van der Waals surface area contributed by atoms with E-state index in [1.165, 1.54) is 0 Å². The second kappa shape index (κ2) is 45.3. The topological polar surface area (TPSA) is 85.5 Å². The number of hydrogen-bond acceptors (Lipinski definition) is 0. The SMILES string of the molecule is [Bi+3].[O-2].[O-2].[O-2].[Sc+3]. The quantitative estimate of drug-likeness (QED) is 0.528. The Labute approximate surface area is 68.0 Å². The monoisotopic (exact) mass is 302 g/mol. The number of rotatable bonds is 0. The van der Waals surface area contributed by atoms with Gasteiger partial charge in [0.05, 0.1) is 0 Å². The van der Waals surface area contributed by atoms with Crippen LogP contribution < -0.4 is 0 Å².